The second kappa shape index (κ2) is 12.2. The molecule has 0 saturated carbocycles. The Labute approximate surface area is 235 Å². The number of nitrogens with zero attached hydrogens (tertiary/aromatic N) is 4. The Hall–Kier alpha value is -2.39. The van der Waals surface area contributed by atoms with Gasteiger partial charge >= 0.3 is 6.09 Å². The Morgan fingerprint density at radius 1 is 1.16 bits per heavy atom. The minimum absolute atomic E-state index is 0.0114. The van der Waals surface area contributed by atoms with E-state index < -0.39 is 5.60 Å². The number of ether oxygens (including phenoxy) is 1. The normalized spacial score (nSPS) is 21.4. The van der Waals surface area contributed by atoms with E-state index in [1.165, 1.54) is 0 Å². The summed E-state index contributed by atoms with van der Waals surface area (Å²) in [6.07, 6.45) is 3.92. The van der Waals surface area contributed by atoms with Gasteiger partial charge < -0.3 is 14.5 Å². The first-order chi connectivity index (χ1) is 18.0. The predicted octanol–water partition coefficient (Wildman–Crippen LogP) is 5.16. The summed E-state index contributed by atoms with van der Waals surface area (Å²) in [5.41, 5.74) is 0.470. The molecular formula is C28H37Cl2N5O3. The molecular weight excluding hydrogens is 525 g/mol. The van der Waals surface area contributed by atoms with Crippen LogP contribution >= 0.6 is 23.2 Å². The van der Waals surface area contributed by atoms with Crippen LogP contribution in [-0.2, 0) is 9.53 Å². The predicted molar refractivity (Wildman–Crippen MR) is 151 cm³/mol. The maximum atomic E-state index is 13.1. The standard InChI is InChI=1S/C28H37Cl2N5O3/c1-28(2,3)38-27(37)33(4)20-10-14-34(15-11-20)16-12-23-26(19-8-9-21(29)22(30)17-19)32-18-25(36)35(23)24-7-5-6-13-31-24/h5-9,13,17,20,23,26,32H,10-12,14-16,18H2,1-4H3/t23?,26-/m0/s1. The lowest BCUT2D eigenvalue weighted by molar-refractivity contribution is -0.120. The summed E-state index contributed by atoms with van der Waals surface area (Å²) < 4.78 is 5.55. The Kier molecular flexibility index (Phi) is 9.19. The number of aromatic nitrogens is 1. The number of anilines is 1. The van der Waals surface area contributed by atoms with Gasteiger partial charge in [-0.05, 0) is 69.9 Å². The summed E-state index contributed by atoms with van der Waals surface area (Å²) in [6, 6.07) is 11.1. The molecule has 1 unspecified atom stereocenters. The molecule has 1 N–H and O–H groups in total. The van der Waals surface area contributed by atoms with Gasteiger partial charge in [0.2, 0.25) is 5.91 Å². The Bertz CT molecular complexity index is 1120. The van der Waals surface area contributed by atoms with Gasteiger partial charge in [-0.15, -0.1) is 0 Å². The molecule has 0 bridgehead atoms. The van der Waals surface area contributed by atoms with Crippen molar-refractivity contribution in [3.63, 3.8) is 0 Å². The van der Waals surface area contributed by atoms with Crippen LogP contribution in [0.5, 0.6) is 0 Å². The molecule has 2 atom stereocenters. The summed E-state index contributed by atoms with van der Waals surface area (Å²) in [7, 11) is 1.82. The van der Waals surface area contributed by atoms with Crippen LogP contribution in [0, 0.1) is 0 Å². The van der Waals surface area contributed by atoms with Crippen LogP contribution in [0.4, 0.5) is 10.6 Å². The summed E-state index contributed by atoms with van der Waals surface area (Å²) in [5, 5.41) is 4.41. The zero-order valence-corrected chi connectivity index (χ0v) is 24.0. The molecule has 2 amide bonds. The molecule has 0 aliphatic carbocycles. The van der Waals surface area contributed by atoms with Crippen molar-refractivity contribution in [2.45, 2.75) is 63.8 Å². The lowest BCUT2D eigenvalue weighted by Gasteiger charge is -2.43. The number of amides is 2. The molecule has 0 spiro atoms. The quantitative estimate of drug-likeness (QED) is 0.525. The largest absolute Gasteiger partial charge is 0.444 e. The number of piperidine rings is 1. The molecule has 8 nitrogen and oxygen atoms in total. The second-order valence-corrected chi connectivity index (χ2v) is 11.8. The smallest absolute Gasteiger partial charge is 0.410 e. The first-order valence-corrected chi connectivity index (χ1v) is 13.9. The molecule has 2 aromatic rings. The average Bonchev–Trinajstić information content (AvgIpc) is 2.88. The third-order valence-electron chi connectivity index (χ3n) is 7.18. The fourth-order valence-electron chi connectivity index (χ4n) is 5.22. The van der Waals surface area contributed by atoms with Crippen molar-refractivity contribution >= 4 is 41.0 Å². The number of carbonyl (C=O) groups excluding carboxylic acids is 2. The van der Waals surface area contributed by atoms with Crippen molar-refractivity contribution in [3.05, 3.63) is 58.2 Å². The van der Waals surface area contributed by atoms with Gasteiger partial charge in [0.05, 0.1) is 28.7 Å². The third kappa shape index (κ3) is 6.97. The number of rotatable bonds is 6. The number of hydrogen-bond acceptors (Lipinski definition) is 6. The van der Waals surface area contributed by atoms with E-state index >= 15 is 0 Å². The lowest BCUT2D eigenvalue weighted by Crippen LogP contribution is -2.58. The maximum absolute atomic E-state index is 13.1. The van der Waals surface area contributed by atoms with Gasteiger partial charge in [0.1, 0.15) is 11.4 Å². The van der Waals surface area contributed by atoms with Gasteiger partial charge in [0.15, 0.2) is 0 Å². The van der Waals surface area contributed by atoms with Gasteiger partial charge in [0.25, 0.3) is 0 Å². The van der Waals surface area contributed by atoms with E-state index in [1.807, 2.05) is 63.1 Å². The van der Waals surface area contributed by atoms with Crippen molar-refractivity contribution in [1.29, 1.82) is 0 Å². The van der Waals surface area contributed by atoms with Gasteiger partial charge in [-0.3, -0.25) is 15.0 Å². The van der Waals surface area contributed by atoms with E-state index in [2.05, 4.69) is 15.2 Å². The Morgan fingerprint density at radius 2 is 1.89 bits per heavy atom. The monoisotopic (exact) mass is 561 g/mol. The summed E-state index contributed by atoms with van der Waals surface area (Å²) >= 11 is 12.5. The SMILES string of the molecule is CN(C(=O)OC(C)(C)C)C1CCN(CCC2[C@H](c3ccc(Cl)c(Cl)c3)NCC(=O)N2c2ccccn2)CC1. The fraction of sp³-hybridized carbons (Fsp3) is 0.536. The number of benzene rings is 1. The Balaban J connectivity index is 1.46. The first-order valence-electron chi connectivity index (χ1n) is 13.1. The number of halogens is 2. The zero-order chi connectivity index (χ0) is 27.4. The number of pyridine rings is 1. The molecule has 38 heavy (non-hydrogen) atoms. The number of likely N-dealkylation sites (tertiary alicyclic amines) is 1. The lowest BCUT2D eigenvalue weighted by atomic mass is 9.92. The molecule has 3 heterocycles. The summed E-state index contributed by atoms with van der Waals surface area (Å²) in [6.45, 7) is 8.40. The van der Waals surface area contributed by atoms with Crippen LogP contribution in [0.3, 0.4) is 0 Å². The van der Waals surface area contributed by atoms with Crippen LogP contribution in [0.25, 0.3) is 0 Å². The highest BCUT2D eigenvalue weighted by atomic mass is 35.5. The molecule has 10 heteroatoms. The van der Waals surface area contributed by atoms with E-state index in [9.17, 15) is 9.59 Å². The van der Waals surface area contributed by atoms with Crippen LogP contribution in [0.1, 0.15) is 51.6 Å². The highest BCUT2D eigenvalue weighted by molar-refractivity contribution is 6.42. The van der Waals surface area contributed by atoms with Gasteiger partial charge in [-0.25, -0.2) is 9.78 Å². The van der Waals surface area contributed by atoms with Crippen molar-refractivity contribution in [3.8, 4) is 0 Å². The third-order valence-corrected chi connectivity index (χ3v) is 7.92. The first kappa shape index (κ1) is 28.6. The van der Waals surface area contributed by atoms with Gasteiger partial charge in [0, 0.05) is 38.9 Å². The molecule has 2 saturated heterocycles. The molecule has 206 valence electrons. The van der Waals surface area contributed by atoms with E-state index in [-0.39, 0.29) is 36.7 Å². The number of carbonyl (C=O) groups is 2. The Morgan fingerprint density at radius 3 is 2.53 bits per heavy atom. The molecule has 1 aromatic carbocycles. The van der Waals surface area contributed by atoms with Crippen molar-refractivity contribution in [2.24, 2.45) is 0 Å². The molecule has 1 aromatic heterocycles. The van der Waals surface area contributed by atoms with Crippen LogP contribution < -0.4 is 10.2 Å². The van der Waals surface area contributed by atoms with Crippen LogP contribution in [0.2, 0.25) is 10.0 Å². The van der Waals surface area contributed by atoms with Crippen molar-refractivity contribution in [1.82, 2.24) is 20.1 Å². The van der Waals surface area contributed by atoms with E-state index in [1.54, 1.807) is 17.2 Å². The second-order valence-electron chi connectivity index (χ2n) is 11.0. The van der Waals surface area contributed by atoms with Crippen molar-refractivity contribution in [2.75, 3.05) is 38.1 Å². The topological polar surface area (TPSA) is 78.0 Å². The van der Waals surface area contributed by atoms with E-state index in [0.717, 1.165) is 44.5 Å². The minimum Gasteiger partial charge on any atom is -0.444 e. The van der Waals surface area contributed by atoms with Crippen molar-refractivity contribution < 1.29 is 14.3 Å². The fourth-order valence-corrected chi connectivity index (χ4v) is 5.52. The van der Waals surface area contributed by atoms with E-state index in [0.29, 0.717) is 15.9 Å². The molecule has 2 aliphatic rings. The van der Waals surface area contributed by atoms with Crippen LogP contribution in [0.15, 0.2) is 42.6 Å². The molecule has 2 aliphatic heterocycles. The highest BCUT2D eigenvalue weighted by Crippen LogP contribution is 2.33. The maximum Gasteiger partial charge on any atom is 0.410 e. The summed E-state index contributed by atoms with van der Waals surface area (Å²) in [4.78, 5) is 36.1. The molecule has 2 fully saturated rings. The summed E-state index contributed by atoms with van der Waals surface area (Å²) in [5.74, 6) is 0.634. The number of nitrogens with one attached hydrogen (secondary N) is 1. The number of piperazine rings is 1. The number of hydrogen-bond donors (Lipinski definition) is 1. The van der Waals surface area contributed by atoms with Gasteiger partial charge in [-0.1, -0.05) is 35.3 Å². The highest BCUT2D eigenvalue weighted by Gasteiger charge is 2.38. The molecule has 0 radical (unpaired) electrons. The average molecular weight is 563 g/mol. The van der Waals surface area contributed by atoms with Crippen LogP contribution in [-0.4, -0.2) is 77.7 Å². The molecule has 4 rings (SSSR count). The van der Waals surface area contributed by atoms with E-state index in [4.69, 9.17) is 27.9 Å². The zero-order valence-electron chi connectivity index (χ0n) is 22.5. The van der Waals surface area contributed by atoms with Gasteiger partial charge in [-0.2, -0.15) is 0 Å². The minimum atomic E-state index is -0.512.